The van der Waals surface area contributed by atoms with Gasteiger partial charge in [-0.2, -0.15) is 0 Å². The minimum atomic E-state index is -0.600. The third-order valence-corrected chi connectivity index (χ3v) is 3.36. The number of hydrogen-bond acceptors (Lipinski definition) is 3. The third kappa shape index (κ3) is 4.98. The summed E-state index contributed by atoms with van der Waals surface area (Å²) in [6, 6.07) is 13.2. The van der Waals surface area contributed by atoms with Gasteiger partial charge in [0.2, 0.25) is 0 Å². The van der Waals surface area contributed by atoms with Crippen LogP contribution in [0.3, 0.4) is 0 Å². The first-order valence-electron chi connectivity index (χ1n) is 7.45. The van der Waals surface area contributed by atoms with E-state index >= 15 is 0 Å². The van der Waals surface area contributed by atoms with E-state index in [1.54, 1.807) is 43.5 Å². The predicted octanol–water partition coefficient (Wildman–Crippen LogP) is 3.31. The van der Waals surface area contributed by atoms with Crippen LogP contribution >= 0.6 is 0 Å². The van der Waals surface area contributed by atoms with Crippen molar-refractivity contribution in [3.63, 3.8) is 0 Å². The van der Waals surface area contributed by atoms with E-state index in [-0.39, 0.29) is 18.3 Å². The molecule has 0 aliphatic carbocycles. The van der Waals surface area contributed by atoms with Crippen LogP contribution in [-0.2, 0) is 11.3 Å². The lowest BCUT2D eigenvalue weighted by molar-refractivity contribution is -0.128. The summed E-state index contributed by atoms with van der Waals surface area (Å²) < 4.78 is 23.9. The van der Waals surface area contributed by atoms with E-state index in [4.69, 9.17) is 9.47 Å². The second-order valence-corrected chi connectivity index (χ2v) is 5.04. The molecule has 0 aliphatic rings. The van der Waals surface area contributed by atoms with Gasteiger partial charge >= 0.3 is 0 Å². The zero-order valence-corrected chi connectivity index (χ0v) is 13.2. The van der Waals surface area contributed by atoms with Gasteiger partial charge in [0.25, 0.3) is 5.91 Å². The Balaban J connectivity index is 1.92. The number of nitrogens with one attached hydrogen (secondary N) is 1. The Morgan fingerprint density at radius 1 is 1.17 bits per heavy atom. The normalized spacial score (nSPS) is 11.6. The molecular formula is C18H20FNO3. The summed E-state index contributed by atoms with van der Waals surface area (Å²) in [6.45, 7) is 2.13. The molecule has 0 aliphatic heterocycles. The first kappa shape index (κ1) is 16.8. The number of methoxy groups -OCH3 is 1. The van der Waals surface area contributed by atoms with E-state index in [9.17, 15) is 9.18 Å². The molecule has 1 atom stereocenters. The van der Waals surface area contributed by atoms with Gasteiger partial charge in [-0.05, 0) is 48.4 Å². The zero-order chi connectivity index (χ0) is 16.7. The van der Waals surface area contributed by atoms with Crippen LogP contribution in [0.25, 0.3) is 0 Å². The molecule has 5 heteroatoms. The molecular weight excluding hydrogens is 297 g/mol. The number of hydrogen-bond donors (Lipinski definition) is 1. The van der Waals surface area contributed by atoms with Crippen LogP contribution in [0.1, 0.15) is 18.9 Å². The van der Waals surface area contributed by atoms with Crippen LogP contribution in [-0.4, -0.2) is 19.1 Å². The van der Waals surface area contributed by atoms with Gasteiger partial charge in [0.05, 0.1) is 7.11 Å². The topological polar surface area (TPSA) is 47.6 Å². The van der Waals surface area contributed by atoms with Crippen molar-refractivity contribution in [2.45, 2.75) is 26.0 Å². The standard InChI is InChI=1S/C18H20FNO3/c1-3-17(23-16-9-7-15(22-2)8-10-16)18(21)20-12-13-5-4-6-14(19)11-13/h4-11,17H,3,12H2,1-2H3,(H,20,21). The molecule has 0 saturated carbocycles. The molecule has 0 bridgehead atoms. The van der Waals surface area contributed by atoms with Gasteiger partial charge < -0.3 is 14.8 Å². The van der Waals surface area contributed by atoms with Gasteiger partial charge in [-0.3, -0.25) is 4.79 Å². The summed E-state index contributed by atoms with van der Waals surface area (Å²) in [6.07, 6.45) is -0.0713. The number of benzene rings is 2. The number of carbonyl (C=O) groups is 1. The minimum Gasteiger partial charge on any atom is -0.497 e. The van der Waals surface area contributed by atoms with E-state index < -0.39 is 6.10 Å². The maximum Gasteiger partial charge on any atom is 0.261 e. The summed E-state index contributed by atoms with van der Waals surface area (Å²) in [5, 5.41) is 2.76. The number of amides is 1. The summed E-state index contributed by atoms with van der Waals surface area (Å²) in [5.74, 6) is 0.769. The largest absolute Gasteiger partial charge is 0.497 e. The predicted molar refractivity (Wildman–Crippen MR) is 85.9 cm³/mol. The molecule has 0 radical (unpaired) electrons. The fraction of sp³-hybridized carbons (Fsp3) is 0.278. The van der Waals surface area contributed by atoms with Gasteiger partial charge in [-0.1, -0.05) is 19.1 Å². The molecule has 0 spiro atoms. The maximum atomic E-state index is 13.1. The highest BCUT2D eigenvalue weighted by Crippen LogP contribution is 2.19. The average Bonchev–Trinajstić information content (AvgIpc) is 2.58. The van der Waals surface area contributed by atoms with Gasteiger partial charge in [-0.25, -0.2) is 4.39 Å². The quantitative estimate of drug-likeness (QED) is 0.852. The molecule has 1 N–H and O–H groups in total. The molecule has 0 aromatic heterocycles. The van der Waals surface area contributed by atoms with Crippen molar-refractivity contribution in [2.75, 3.05) is 7.11 Å². The zero-order valence-electron chi connectivity index (χ0n) is 13.2. The summed E-state index contributed by atoms with van der Waals surface area (Å²) in [5.41, 5.74) is 0.706. The second-order valence-electron chi connectivity index (χ2n) is 5.04. The first-order chi connectivity index (χ1) is 11.1. The van der Waals surface area contributed by atoms with E-state index in [1.807, 2.05) is 6.92 Å². The minimum absolute atomic E-state index is 0.229. The molecule has 2 aromatic carbocycles. The average molecular weight is 317 g/mol. The van der Waals surface area contributed by atoms with Crippen LogP contribution in [0.4, 0.5) is 4.39 Å². The summed E-state index contributed by atoms with van der Waals surface area (Å²) in [4.78, 5) is 12.2. The summed E-state index contributed by atoms with van der Waals surface area (Å²) >= 11 is 0. The van der Waals surface area contributed by atoms with Crippen molar-refractivity contribution >= 4 is 5.91 Å². The smallest absolute Gasteiger partial charge is 0.261 e. The van der Waals surface area contributed by atoms with Crippen molar-refractivity contribution in [3.05, 3.63) is 59.9 Å². The number of halogens is 1. The highest BCUT2D eigenvalue weighted by molar-refractivity contribution is 5.81. The van der Waals surface area contributed by atoms with Crippen molar-refractivity contribution in [2.24, 2.45) is 0 Å². The van der Waals surface area contributed by atoms with Crippen molar-refractivity contribution in [1.82, 2.24) is 5.32 Å². The van der Waals surface area contributed by atoms with Crippen LogP contribution in [0.2, 0.25) is 0 Å². The van der Waals surface area contributed by atoms with Gasteiger partial charge in [0.1, 0.15) is 17.3 Å². The van der Waals surface area contributed by atoms with Crippen LogP contribution in [0.5, 0.6) is 11.5 Å². The van der Waals surface area contributed by atoms with Gasteiger partial charge in [-0.15, -0.1) is 0 Å². The second kappa shape index (κ2) is 8.17. The molecule has 4 nitrogen and oxygen atoms in total. The molecule has 0 fully saturated rings. The van der Waals surface area contributed by atoms with E-state index in [0.29, 0.717) is 17.7 Å². The molecule has 1 amide bonds. The Morgan fingerprint density at radius 3 is 2.48 bits per heavy atom. The molecule has 0 saturated heterocycles. The molecule has 2 aromatic rings. The van der Waals surface area contributed by atoms with Crippen molar-refractivity contribution in [3.8, 4) is 11.5 Å². The summed E-state index contributed by atoms with van der Waals surface area (Å²) in [7, 11) is 1.59. The third-order valence-electron chi connectivity index (χ3n) is 3.36. The molecule has 0 heterocycles. The fourth-order valence-corrected chi connectivity index (χ4v) is 2.09. The van der Waals surface area contributed by atoms with Crippen molar-refractivity contribution < 1.29 is 18.7 Å². The van der Waals surface area contributed by atoms with E-state index in [1.165, 1.54) is 12.1 Å². The van der Waals surface area contributed by atoms with Gasteiger partial charge in [0.15, 0.2) is 6.10 Å². The Labute approximate surface area is 135 Å². The Bertz CT molecular complexity index is 643. The van der Waals surface area contributed by atoms with E-state index in [0.717, 1.165) is 5.75 Å². The van der Waals surface area contributed by atoms with Crippen LogP contribution in [0, 0.1) is 5.82 Å². The number of rotatable bonds is 7. The first-order valence-corrected chi connectivity index (χ1v) is 7.45. The lowest BCUT2D eigenvalue weighted by Gasteiger charge is -2.17. The molecule has 23 heavy (non-hydrogen) atoms. The SMILES string of the molecule is CCC(Oc1ccc(OC)cc1)C(=O)NCc1cccc(F)c1. The monoisotopic (exact) mass is 317 g/mol. The number of ether oxygens (including phenoxy) is 2. The van der Waals surface area contributed by atoms with Crippen LogP contribution < -0.4 is 14.8 Å². The lowest BCUT2D eigenvalue weighted by Crippen LogP contribution is -2.37. The maximum absolute atomic E-state index is 13.1. The lowest BCUT2D eigenvalue weighted by atomic mass is 10.2. The molecule has 122 valence electrons. The Morgan fingerprint density at radius 2 is 1.87 bits per heavy atom. The van der Waals surface area contributed by atoms with Crippen molar-refractivity contribution in [1.29, 1.82) is 0 Å². The Hall–Kier alpha value is -2.56. The molecule has 2 rings (SSSR count). The van der Waals surface area contributed by atoms with E-state index in [2.05, 4.69) is 5.32 Å². The highest BCUT2D eigenvalue weighted by Gasteiger charge is 2.18. The number of carbonyl (C=O) groups excluding carboxylic acids is 1. The fourth-order valence-electron chi connectivity index (χ4n) is 2.09. The highest BCUT2D eigenvalue weighted by atomic mass is 19.1. The van der Waals surface area contributed by atoms with Crippen LogP contribution in [0.15, 0.2) is 48.5 Å². The molecule has 1 unspecified atom stereocenters. The van der Waals surface area contributed by atoms with Gasteiger partial charge in [0, 0.05) is 6.54 Å². The Kier molecular flexibility index (Phi) is 5.97.